The van der Waals surface area contributed by atoms with E-state index in [1.165, 1.54) is 0 Å². The largest absolute Gasteiger partial charge is 0.383 e. The maximum absolute atomic E-state index is 12.0. The number of methoxy groups -OCH3 is 1. The van der Waals surface area contributed by atoms with E-state index in [0.717, 1.165) is 32.1 Å². The van der Waals surface area contributed by atoms with Crippen LogP contribution >= 0.6 is 0 Å². The number of carbonyl (C=O) groups excluding carboxylic acids is 2. The van der Waals surface area contributed by atoms with Crippen molar-refractivity contribution in [1.29, 1.82) is 0 Å². The van der Waals surface area contributed by atoms with E-state index in [1.54, 1.807) is 7.11 Å². The molecule has 0 aromatic carbocycles. The topological polar surface area (TPSA) is 93.5 Å². The zero-order chi connectivity index (χ0) is 14.1. The molecule has 6 nitrogen and oxygen atoms in total. The lowest BCUT2D eigenvalue weighted by molar-refractivity contribution is -0.129. The summed E-state index contributed by atoms with van der Waals surface area (Å²) in [5, 5.41) is 5.32. The monoisotopic (exact) mass is 271 g/mol. The minimum Gasteiger partial charge on any atom is -0.383 e. The van der Waals surface area contributed by atoms with Gasteiger partial charge in [-0.25, -0.2) is 0 Å². The number of amides is 2. The van der Waals surface area contributed by atoms with E-state index in [0.29, 0.717) is 13.2 Å². The molecular formula is C13H25N3O3. The first-order valence-corrected chi connectivity index (χ1v) is 6.94. The number of ether oxygens (including phenoxy) is 1. The Labute approximate surface area is 114 Å². The van der Waals surface area contributed by atoms with Gasteiger partial charge in [-0.05, 0) is 12.8 Å². The fourth-order valence-electron chi connectivity index (χ4n) is 2.32. The molecule has 2 unspecified atom stereocenters. The lowest BCUT2D eigenvalue weighted by Crippen LogP contribution is -2.45. The molecule has 1 fully saturated rings. The van der Waals surface area contributed by atoms with Gasteiger partial charge < -0.3 is 21.1 Å². The van der Waals surface area contributed by atoms with Crippen LogP contribution in [0.5, 0.6) is 0 Å². The molecule has 0 radical (unpaired) electrons. The van der Waals surface area contributed by atoms with Crippen LogP contribution in [-0.2, 0) is 14.3 Å². The van der Waals surface area contributed by atoms with Gasteiger partial charge in [-0.15, -0.1) is 0 Å². The van der Waals surface area contributed by atoms with E-state index < -0.39 is 0 Å². The minimum atomic E-state index is -0.201. The Morgan fingerprint density at radius 1 is 1.21 bits per heavy atom. The summed E-state index contributed by atoms with van der Waals surface area (Å²) in [7, 11) is 1.57. The standard InChI is InChI=1S/C13H25N3O3/c1-19-8-7-15-12(17)9-16-13(18)10-5-3-2-4-6-11(10)14/h10-11H,2-9,14H2,1H3,(H,15,17)(H,16,18). The van der Waals surface area contributed by atoms with Crippen molar-refractivity contribution >= 4 is 11.8 Å². The van der Waals surface area contributed by atoms with E-state index in [9.17, 15) is 9.59 Å². The predicted octanol–water partition coefficient (Wildman–Crippen LogP) is -0.227. The second kappa shape index (κ2) is 8.87. The highest BCUT2D eigenvalue weighted by Crippen LogP contribution is 2.22. The minimum absolute atomic E-state index is 0.00572. The third kappa shape index (κ3) is 6.02. The van der Waals surface area contributed by atoms with Crippen molar-refractivity contribution < 1.29 is 14.3 Å². The summed E-state index contributed by atoms with van der Waals surface area (Å²) in [6.07, 6.45) is 4.96. The van der Waals surface area contributed by atoms with E-state index in [2.05, 4.69) is 10.6 Å². The van der Waals surface area contributed by atoms with E-state index in [-0.39, 0.29) is 30.3 Å². The van der Waals surface area contributed by atoms with Crippen molar-refractivity contribution in [2.45, 2.75) is 38.1 Å². The second-order valence-electron chi connectivity index (χ2n) is 4.97. The molecule has 19 heavy (non-hydrogen) atoms. The van der Waals surface area contributed by atoms with Gasteiger partial charge in [0.25, 0.3) is 0 Å². The zero-order valence-electron chi connectivity index (χ0n) is 11.6. The first-order valence-electron chi connectivity index (χ1n) is 6.94. The summed E-state index contributed by atoms with van der Waals surface area (Å²) >= 11 is 0. The van der Waals surface area contributed by atoms with Crippen molar-refractivity contribution in [3.63, 3.8) is 0 Å². The number of carbonyl (C=O) groups is 2. The van der Waals surface area contributed by atoms with Crippen LogP contribution in [0.4, 0.5) is 0 Å². The molecule has 0 heterocycles. The average Bonchev–Trinajstić information content (AvgIpc) is 2.61. The Morgan fingerprint density at radius 2 is 1.95 bits per heavy atom. The lowest BCUT2D eigenvalue weighted by atomic mass is 9.94. The summed E-state index contributed by atoms with van der Waals surface area (Å²) < 4.78 is 4.82. The van der Waals surface area contributed by atoms with Crippen molar-refractivity contribution in [2.75, 3.05) is 26.8 Å². The molecule has 1 saturated carbocycles. The van der Waals surface area contributed by atoms with Crippen molar-refractivity contribution in [3.8, 4) is 0 Å². The van der Waals surface area contributed by atoms with E-state index >= 15 is 0 Å². The van der Waals surface area contributed by atoms with Crippen LogP contribution in [0.3, 0.4) is 0 Å². The number of nitrogens with two attached hydrogens (primary N) is 1. The van der Waals surface area contributed by atoms with Crippen LogP contribution in [0.15, 0.2) is 0 Å². The molecule has 0 saturated heterocycles. The Hall–Kier alpha value is -1.14. The highest BCUT2D eigenvalue weighted by Gasteiger charge is 2.26. The van der Waals surface area contributed by atoms with Crippen LogP contribution in [-0.4, -0.2) is 44.7 Å². The zero-order valence-corrected chi connectivity index (χ0v) is 11.6. The van der Waals surface area contributed by atoms with Crippen molar-refractivity contribution in [2.24, 2.45) is 11.7 Å². The molecule has 0 bridgehead atoms. The van der Waals surface area contributed by atoms with Crippen molar-refractivity contribution in [3.05, 3.63) is 0 Å². The molecule has 1 aliphatic rings. The summed E-state index contributed by atoms with van der Waals surface area (Å²) in [6, 6.07) is -0.0842. The Bertz CT molecular complexity index is 297. The molecule has 0 aliphatic heterocycles. The van der Waals surface area contributed by atoms with Gasteiger partial charge in [0.15, 0.2) is 0 Å². The number of rotatable bonds is 6. The smallest absolute Gasteiger partial charge is 0.239 e. The molecule has 2 atom stereocenters. The van der Waals surface area contributed by atoms with E-state index in [1.807, 2.05) is 0 Å². The molecule has 0 spiro atoms. The van der Waals surface area contributed by atoms with Gasteiger partial charge in [-0.3, -0.25) is 9.59 Å². The van der Waals surface area contributed by atoms with Crippen LogP contribution < -0.4 is 16.4 Å². The molecule has 2 amide bonds. The van der Waals surface area contributed by atoms with E-state index in [4.69, 9.17) is 10.5 Å². The summed E-state index contributed by atoms with van der Waals surface area (Å²) in [5.41, 5.74) is 6.01. The van der Waals surface area contributed by atoms with Gasteiger partial charge in [0.1, 0.15) is 0 Å². The highest BCUT2D eigenvalue weighted by molar-refractivity contribution is 5.86. The molecule has 0 aromatic rings. The third-order valence-electron chi connectivity index (χ3n) is 3.46. The lowest BCUT2D eigenvalue weighted by Gasteiger charge is -2.20. The van der Waals surface area contributed by atoms with Gasteiger partial charge in [0, 0.05) is 19.7 Å². The normalized spacial score (nSPS) is 23.5. The number of hydrogen-bond acceptors (Lipinski definition) is 4. The van der Waals surface area contributed by atoms with Crippen LogP contribution in [0.2, 0.25) is 0 Å². The highest BCUT2D eigenvalue weighted by atomic mass is 16.5. The maximum atomic E-state index is 12.0. The summed E-state index contributed by atoms with van der Waals surface area (Å²) in [6.45, 7) is 0.924. The Kier molecular flexibility index (Phi) is 7.43. The molecule has 1 rings (SSSR count). The molecule has 110 valence electrons. The number of nitrogens with one attached hydrogen (secondary N) is 2. The molecule has 0 aromatic heterocycles. The van der Waals surface area contributed by atoms with Crippen LogP contribution in [0, 0.1) is 5.92 Å². The van der Waals surface area contributed by atoms with Gasteiger partial charge >= 0.3 is 0 Å². The Morgan fingerprint density at radius 3 is 2.68 bits per heavy atom. The average molecular weight is 271 g/mol. The molecule has 4 N–H and O–H groups in total. The van der Waals surface area contributed by atoms with Gasteiger partial charge in [0.2, 0.25) is 11.8 Å². The van der Waals surface area contributed by atoms with Crippen molar-refractivity contribution in [1.82, 2.24) is 10.6 Å². The maximum Gasteiger partial charge on any atom is 0.239 e. The van der Waals surface area contributed by atoms with Gasteiger partial charge in [-0.1, -0.05) is 19.3 Å². The molecule has 1 aliphatic carbocycles. The second-order valence-corrected chi connectivity index (χ2v) is 4.97. The predicted molar refractivity (Wildman–Crippen MR) is 72.4 cm³/mol. The fourth-order valence-corrected chi connectivity index (χ4v) is 2.32. The quantitative estimate of drug-likeness (QED) is 0.459. The van der Waals surface area contributed by atoms with Crippen LogP contribution in [0.1, 0.15) is 32.1 Å². The third-order valence-corrected chi connectivity index (χ3v) is 3.46. The van der Waals surface area contributed by atoms with Gasteiger partial charge in [0.05, 0.1) is 19.1 Å². The number of hydrogen-bond donors (Lipinski definition) is 3. The first kappa shape index (κ1) is 15.9. The fraction of sp³-hybridized carbons (Fsp3) is 0.846. The summed E-state index contributed by atoms with van der Waals surface area (Å²) in [4.78, 5) is 23.4. The Balaban J connectivity index is 2.27. The molecule has 6 heteroatoms. The molecular weight excluding hydrogens is 246 g/mol. The van der Waals surface area contributed by atoms with Crippen LogP contribution in [0.25, 0.3) is 0 Å². The first-order chi connectivity index (χ1) is 9.15. The SMILES string of the molecule is COCCNC(=O)CNC(=O)C1CCCCCC1N. The summed E-state index contributed by atoms with van der Waals surface area (Å²) in [5.74, 6) is -0.460. The van der Waals surface area contributed by atoms with Gasteiger partial charge in [-0.2, -0.15) is 0 Å².